The molecule has 2 N–H and O–H groups in total. The van der Waals surface area contributed by atoms with Crippen LogP contribution in [0, 0.1) is 0 Å². The maximum Gasteiger partial charge on any atom is 0.229 e. The van der Waals surface area contributed by atoms with E-state index in [1.165, 1.54) is 5.56 Å². The third kappa shape index (κ3) is 3.79. The van der Waals surface area contributed by atoms with E-state index in [2.05, 4.69) is 45.8 Å². The number of para-hydroxylation sites is 1. The topological polar surface area (TPSA) is 67.0 Å². The van der Waals surface area contributed by atoms with E-state index in [4.69, 9.17) is 4.74 Å². The van der Waals surface area contributed by atoms with E-state index < -0.39 is 0 Å². The van der Waals surface area contributed by atoms with Crippen LogP contribution in [0.25, 0.3) is 10.8 Å². The molecule has 156 valence electrons. The molecule has 0 radical (unpaired) electrons. The molecule has 5 nitrogen and oxygen atoms in total. The molecule has 0 spiro atoms. The Kier molecular flexibility index (Phi) is 5.16. The number of nitrogens with one attached hydrogen (secondary N) is 2. The van der Waals surface area contributed by atoms with Crippen LogP contribution in [0.3, 0.4) is 0 Å². The maximum atomic E-state index is 12.8. The molecule has 1 amide bonds. The van der Waals surface area contributed by atoms with E-state index in [0.29, 0.717) is 24.1 Å². The zero-order chi connectivity index (χ0) is 21.2. The summed E-state index contributed by atoms with van der Waals surface area (Å²) in [7, 11) is 1.72. The van der Waals surface area contributed by atoms with Crippen LogP contribution in [0.1, 0.15) is 41.4 Å². The summed E-state index contributed by atoms with van der Waals surface area (Å²) in [4.78, 5) is 12.8. The SMILES string of the molecule is COc1ccccc1C1CC(c2cn[nH]c2NC(=O)Cc2cccc3ccccc23)C1. The van der Waals surface area contributed by atoms with Crippen LogP contribution in [0.5, 0.6) is 5.75 Å². The summed E-state index contributed by atoms with van der Waals surface area (Å²) in [6, 6.07) is 22.4. The highest BCUT2D eigenvalue weighted by molar-refractivity contribution is 5.96. The molecule has 5 heteroatoms. The zero-order valence-electron chi connectivity index (χ0n) is 17.5. The van der Waals surface area contributed by atoms with Crippen molar-refractivity contribution < 1.29 is 9.53 Å². The molecule has 0 saturated heterocycles. The van der Waals surface area contributed by atoms with E-state index in [0.717, 1.165) is 40.5 Å². The van der Waals surface area contributed by atoms with Crippen molar-refractivity contribution >= 4 is 22.5 Å². The third-order valence-corrected chi connectivity index (χ3v) is 6.32. The molecule has 4 aromatic rings. The Morgan fingerprint density at radius 2 is 1.74 bits per heavy atom. The van der Waals surface area contributed by atoms with Gasteiger partial charge in [-0.05, 0) is 52.6 Å². The summed E-state index contributed by atoms with van der Waals surface area (Å²) >= 11 is 0. The molecule has 1 aliphatic carbocycles. The Balaban J connectivity index is 1.26. The van der Waals surface area contributed by atoms with E-state index in [1.807, 2.05) is 42.6 Å². The summed E-state index contributed by atoms with van der Waals surface area (Å²) in [6.07, 6.45) is 4.21. The van der Waals surface area contributed by atoms with Gasteiger partial charge < -0.3 is 10.1 Å². The van der Waals surface area contributed by atoms with Crippen molar-refractivity contribution in [3.8, 4) is 5.75 Å². The Morgan fingerprint density at radius 3 is 2.61 bits per heavy atom. The van der Waals surface area contributed by atoms with E-state index in [1.54, 1.807) is 7.11 Å². The number of hydrogen-bond acceptors (Lipinski definition) is 3. The van der Waals surface area contributed by atoms with Gasteiger partial charge >= 0.3 is 0 Å². The quantitative estimate of drug-likeness (QED) is 0.446. The van der Waals surface area contributed by atoms with Crippen molar-refractivity contribution in [2.24, 2.45) is 0 Å². The summed E-state index contributed by atoms with van der Waals surface area (Å²) in [5, 5.41) is 12.5. The number of H-pyrrole nitrogens is 1. The second-order valence-electron chi connectivity index (χ2n) is 8.17. The number of carbonyl (C=O) groups is 1. The molecule has 1 aliphatic rings. The van der Waals surface area contributed by atoms with Crippen molar-refractivity contribution in [1.29, 1.82) is 0 Å². The lowest BCUT2D eigenvalue weighted by atomic mass is 9.69. The lowest BCUT2D eigenvalue weighted by molar-refractivity contribution is -0.115. The molecular weight excluding hydrogens is 386 g/mol. The largest absolute Gasteiger partial charge is 0.496 e. The molecule has 0 bridgehead atoms. The minimum absolute atomic E-state index is 0.0394. The number of aromatic amines is 1. The Hall–Kier alpha value is -3.60. The van der Waals surface area contributed by atoms with Gasteiger partial charge in [0.2, 0.25) is 5.91 Å². The smallest absolute Gasteiger partial charge is 0.229 e. The fourth-order valence-electron chi connectivity index (χ4n) is 4.64. The number of ether oxygens (including phenoxy) is 1. The number of rotatable bonds is 6. The fourth-order valence-corrected chi connectivity index (χ4v) is 4.64. The molecule has 5 rings (SSSR count). The molecule has 1 heterocycles. The highest BCUT2D eigenvalue weighted by Crippen LogP contribution is 2.50. The first-order valence-corrected chi connectivity index (χ1v) is 10.7. The van der Waals surface area contributed by atoms with Crippen LogP contribution in [0.4, 0.5) is 5.82 Å². The van der Waals surface area contributed by atoms with Gasteiger partial charge in [0, 0.05) is 5.56 Å². The first-order valence-electron chi connectivity index (χ1n) is 10.7. The normalized spacial score (nSPS) is 17.8. The average Bonchev–Trinajstić information content (AvgIpc) is 3.21. The minimum Gasteiger partial charge on any atom is -0.496 e. The highest BCUT2D eigenvalue weighted by atomic mass is 16.5. The van der Waals surface area contributed by atoms with E-state index in [9.17, 15) is 4.79 Å². The molecule has 0 atom stereocenters. The van der Waals surface area contributed by atoms with E-state index in [-0.39, 0.29) is 5.91 Å². The van der Waals surface area contributed by atoms with Gasteiger partial charge in [0.15, 0.2) is 0 Å². The zero-order valence-corrected chi connectivity index (χ0v) is 17.5. The first kappa shape index (κ1) is 19.4. The van der Waals surface area contributed by atoms with Gasteiger partial charge in [-0.15, -0.1) is 0 Å². The van der Waals surface area contributed by atoms with Crippen molar-refractivity contribution in [2.75, 3.05) is 12.4 Å². The van der Waals surface area contributed by atoms with Crippen LogP contribution in [-0.2, 0) is 11.2 Å². The number of fused-ring (bicyclic) bond motifs is 1. The van der Waals surface area contributed by atoms with Gasteiger partial charge in [-0.1, -0.05) is 60.7 Å². The van der Waals surface area contributed by atoms with Gasteiger partial charge in [-0.25, -0.2) is 0 Å². The predicted octanol–water partition coefficient (Wildman–Crippen LogP) is 5.41. The molecule has 0 aliphatic heterocycles. The van der Waals surface area contributed by atoms with Crippen molar-refractivity contribution in [2.45, 2.75) is 31.1 Å². The molecule has 0 unspecified atom stereocenters. The molecular formula is C26H25N3O2. The first-order chi connectivity index (χ1) is 15.2. The summed E-state index contributed by atoms with van der Waals surface area (Å²) < 4.78 is 5.52. The third-order valence-electron chi connectivity index (χ3n) is 6.32. The molecule has 31 heavy (non-hydrogen) atoms. The van der Waals surface area contributed by atoms with Gasteiger partial charge in [0.05, 0.1) is 19.7 Å². The van der Waals surface area contributed by atoms with Gasteiger partial charge in [0.1, 0.15) is 11.6 Å². The molecule has 3 aromatic carbocycles. The lowest BCUT2D eigenvalue weighted by Gasteiger charge is -2.36. The molecule has 1 fully saturated rings. The van der Waals surface area contributed by atoms with Gasteiger partial charge in [-0.2, -0.15) is 5.10 Å². The Labute approximate surface area is 181 Å². The predicted molar refractivity (Wildman–Crippen MR) is 123 cm³/mol. The Bertz CT molecular complexity index is 1220. The maximum absolute atomic E-state index is 12.8. The summed E-state index contributed by atoms with van der Waals surface area (Å²) in [5.74, 6) is 2.47. The number of methoxy groups -OCH3 is 1. The number of anilines is 1. The van der Waals surface area contributed by atoms with Crippen LogP contribution < -0.4 is 10.1 Å². The Morgan fingerprint density at radius 1 is 1.00 bits per heavy atom. The number of benzene rings is 3. The van der Waals surface area contributed by atoms with E-state index >= 15 is 0 Å². The number of amides is 1. The van der Waals surface area contributed by atoms with Crippen LogP contribution in [0.15, 0.2) is 72.9 Å². The van der Waals surface area contributed by atoms with Crippen molar-refractivity contribution in [1.82, 2.24) is 10.2 Å². The standard InChI is InChI=1S/C26H25N3O2/c1-31-24-12-5-4-11-22(24)19-13-20(14-19)23-16-27-29-26(23)28-25(30)15-18-9-6-8-17-7-2-3-10-21(17)18/h2-12,16,19-20H,13-15H2,1H3,(H2,27,28,29,30). The average molecular weight is 412 g/mol. The fraction of sp³-hybridized carbons (Fsp3) is 0.231. The monoisotopic (exact) mass is 411 g/mol. The van der Waals surface area contributed by atoms with Crippen LogP contribution in [-0.4, -0.2) is 23.2 Å². The highest BCUT2D eigenvalue weighted by Gasteiger charge is 2.35. The second-order valence-corrected chi connectivity index (χ2v) is 8.17. The number of hydrogen-bond donors (Lipinski definition) is 2. The minimum atomic E-state index is -0.0394. The van der Waals surface area contributed by atoms with Crippen molar-refractivity contribution in [3.05, 3.63) is 89.6 Å². The van der Waals surface area contributed by atoms with Crippen LogP contribution in [0.2, 0.25) is 0 Å². The second kappa shape index (κ2) is 8.26. The number of aromatic nitrogens is 2. The summed E-state index contributed by atoms with van der Waals surface area (Å²) in [5.41, 5.74) is 3.36. The van der Waals surface area contributed by atoms with Gasteiger partial charge in [0.25, 0.3) is 0 Å². The number of carbonyl (C=O) groups excluding carboxylic acids is 1. The van der Waals surface area contributed by atoms with Gasteiger partial charge in [-0.3, -0.25) is 9.89 Å². The number of nitrogens with zero attached hydrogens (tertiary/aromatic N) is 1. The summed E-state index contributed by atoms with van der Waals surface area (Å²) in [6.45, 7) is 0. The molecule has 1 aromatic heterocycles. The van der Waals surface area contributed by atoms with Crippen molar-refractivity contribution in [3.63, 3.8) is 0 Å². The lowest BCUT2D eigenvalue weighted by Crippen LogP contribution is -2.22. The van der Waals surface area contributed by atoms with Crippen LogP contribution >= 0.6 is 0 Å². The molecule has 1 saturated carbocycles.